The van der Waals surface area contributed by atoms with Crippen molar-refractivity contribution in [2.45, 2.75) is 20.0 Å². The molecule has 0 aromatic rings. The summed E-state index contributed by atoms with van der Waals surface area (Å²) in [4.78, 5) is 22.6. The molecule has 4 heteroatoms. The van der Waals surface area contributed by atoms with Crippen LogP contribution in [0.5, 0.6) is 0 Å². The topological polar surface area (TPSA) is 46.6 Å². The molecule has 4 nitrogen and oxygen atoms in total. The maximum atomic E-state index is 10.9. The Hall–Kier alpha value is -0.900. The molecule has 10 heavy (non-hydrogen) atoms. The largest absolute Gasteiger partial charge is 0.348 e. The van der Waals surface area contributed by atoms with Gasteiger partial charge in [0, 0.05) is 6.92 Å². The van der Waals surface area contributed by atoms with Crippen molar-refractivity contribution in [2.75, 3.05) is 6.73 Å². The van der Waals surface area contributed by atoms with Crippen molar-refractivity contribution in [1.29, 1.82) is 0 Å². The Morgan fingerprint density at radius 3 is 2.60 bits per heavy atom. The number of carbonyl (C=O) groups excluding carboxylic acids is 2. The first-order valence-electron chi connectivity index (χ1n) is 3.06. The van der Waals surface area contributed by atoms with Crippen LogP contribution in [-0.2, 0) is 14.3 Å². The van der Waals surface area contributed by atoms with Gasteiger partial charge in [0.05, 0.1) is 0 Å². The van der Waals surface area contributed by atoms with E-state index in [1.165, 1.54) is 6.92 Å². The quantitative estimate of drug-likeness (QED) is 0.469. The zero-order valence-electron chi connectivity index (χ0n) is 5.96. The molecule has 1 aliphatic heterocycles. The molecule has 1 rings (SSSR count). The molecule has 0 bridgehead atoms. The van der Waals surface area contributed by atoms with E-state index in [0.717, 1.165) is 4.90 Å². The van der Waals surface area contributed by atoms with Crippen molar-refractivity contribution in [3.05, 3.63) is 0 Å². The van der Waals surface area contributed by atoms with Gasteiger partial charge in [-0.05, 0) is 6.92 Å². The molecule has 1 heterocycles. The minimum Gasteiger partial charge on any atom is -0.348 e. The number of hydrogen-bond donors (Lipinski definition) is 0. The van der Waals surface area contributed by atoms with Crippen molar-refractivity contribution in [3.63, 3.8) is 0 Å². The highest BCUT2D eigenvalue weighted by atomic mass is 16.5. The number of carbonyl (C=O) groups is 2. The molecule has 0 radical (unpaired) electrons. The van der Waals surface area contributed by atoms with E-state index in [4.69, 9.17) is 4.74 Å². The Kier molecular flexibility index (Phi) is 1.72. The Balaban J connectivity index is 2.66. The average Bonchev–Trinajstić information content (AvgIpc) is 2.14. The van der Waals surface area contributed by atoms with Gasteiger partial charge in [0.25, 0.3) is 5.91 Å². The Bertz CT molecular complexity index is 178. The molecule has 0 aromatic carbocycles. The molecule has 1 atom stereocenters. The Morgan fingerprint density at radius 2 is 2.40 bits per heavy atom. The summed E-state index contributed by atoms with van der Waals surface area (Å²) in [5.74, 6) is -0.498. The number of ether oxygens (including phenoxy) is 1. The lowest BCUT2D eigenvalue weighted by atomic mass is 10.4. The van der Waals surface area contributed by atoms with Crippen molar-refractivity contribution in [2.24, 2.45) is 0 Å². The highest BCUT2D eigenvalue weighted by Crippen LogP contribution is 2.08. The van der Waals surface area contributed by atoms with Gasteiger partial charge in [-0.15, -0.1) is 0 Å². The molecule has 0 aliphatic carbocycles. The van der Waals surface area contributed by atoms with Crippen molar-refractivity contribution in [1.82, 2.24) is 4.90 Å². The van der Waals surface area contributed by atoms with E-state index in [2.05, 4.69) is 0 Å². The number of nitrogens with zero attached hydrogens (tertiary/aromatic N) is 1. The van der Waals surface area contributed by atoms with Crippen LogP contribution in [0.25, 0.3) is 0 Å². The van der Waals surface area contributed by atoms with Crippen molar-refractivity contribution < 1.29 is 14.3 Å². The molecular formula is C6H9NO3. The van der Waals surface area contributed by atoms with Gasteiger partial charge < -0.3 is 4.74 Å². The highest BCUT2D eigenvalue weighted by molar-refractivity contribution is 5.97. The van der Waals surface area contributed by atoms with Gasteiger partial charge in [0.15, 0.2) is 0 Å². The minimum absolute atomic E-state index is 0.106. The van der Waals surface area contributed by atoms with Gasteiger partial charge in [-0.1, -0.05) is 0 Å². The second-order valence-corrected chi connectivity index (χ2v) is 2.22. The zero-order valence-corrected chi connectivity index (χ0v) is 5.96. The van der Waals surface area contributed by atoms with Gasteiger partial charge in [-0.3, -0.25) is 14.5 Å². The normalized spacial score (nSPS) is 25.6. The Morgan fingerprint density at radius 1 is 1.80 bits per heavy atom. The summed E-state index contributed by atoms with van der Waals surface area (Å²) in [6.45, 7) is 3.08. The molecular weight excluding hydrogens is 134 g/mol. The summed E-state index contributed by atoms with van der Waals surface area (Å²) in [5.41, 5.74) is 0. The van der Waals surface area contributed by atoms with Crippen molar-refractivity contribution in [3.8, 4) is 0 Å². The van der Waals surface area contributed by atoms with Crippen LogP contribution in [0.2, 0.25) is 0 Å². The first kappa shape index (κ1) is 7.21. The standard InChI is InChI=1S/C6H9NO3/c1-4-6(9)7(3-10-4)5(2)8/h4H,3H2,1-2H3. The van der Waals surface area contributed by atoms with Crippen LogP contribution in [0, 0.1) is 0 Å². The van der Waals surface area contributed by atoms with Gasteiger partial charge in [-0.2, -0.15) is 0 Å². The molecule has 1 unspecified atom stereocenters. The summed E-state index contributed by atoms with van der Waals surface area (Å²) in [6.07, 6.45) is -0.455. The lowest BCUT2D eigenvalue weighted by Crippen LogP contribution is -2.32. The van der Waals surface area contributed by atoms with Crippen LogP contribution in [0.4, 0.5) is 0 Å². The molecule has 0 aromatic heterocycles. The first-order valence-corrected chi connectivity index (χ1v) is 3.06. The first-order chi connectivity index (χ1) is 4.63. The summed E-state index contributed by atoms with van der Waals surface area (Å²) in [5, 5.41) is 0. The van der Waals surface area contributed by atoms with Gasteiger partial charge in [0.2, 0.25) is 5.91 Å². The SMILES string of the molecule is CC(=O)N1COC(C)C1=O. The van der Waals surface area contributed by atoms with E-state index in [9.17, 15) is 9.59 Å². The molecule has 0 spiro atoms. The van der Waals surface area contributed by atoms with E-state index in [0.29, 0.717) is 0 Å². The van der Waals surface area contributed by atoms with Crippen LogP contribution in [-0.4, -0.2) is 29.5 Å². The number of rotatable bonds is 0. The number of imide groups is 1. The second kappa shape index (κ2) is 2.38. The third-order valence-corrected chi connectivity index (χ3v) is 1.45. The monoisotopic (exact) mass is 143 g/mol. The highest BCUT2D eigenvalue weighted by Gasteiger charge is 2.31. The van der Waals surface area contributed by atoms with Crippen molar-refractivity contribution >= 4 is 11.8 Å². The Labute approximate surface area is 58.8 Å². The van der Waals surface area contributed by atoms with E-state index in [1.807, 2.05) is 0 Å². The van der Waals surface area contributed by atoms with Gasteiger partial charge >= 0.3 is 0 Å². The maximum Gasteiger partial charge on any atom is 0.259 e. The smallest absolute Gasteiger partial charge is 0.259 e. The van der Waals surface area contributed by atoms with Crippen LogP contribution >= 0.6 is 0 Å². The fourth-order valence-electron chi connectivity index (χ4n) is 0.787. The number of hydrogen-bond acceptors (Lipinski definition) is 3. The molecule has 1 fully saturated rings. The molecule has 0 N–H and O–H groups in total. The van der Waals surface area contributed by atoms with Crippen LogP contribution in [0.15, 0.2) is 0 Å². The minimum atomic E-state index is -0.455. The zero-order chi connectivity index (χ0) is 7.72. The molecule has 2 amide bonds. The fraction of sp³-hybridized carbons (Fsp3) is 0.667. The van der Waals surface area contributed by atoms with E-state index in [1.54, 1.807) is 6.92 Å². The predicted octanol–water partition coefficient (Wildman–Crippen LogP) is -0.262. The third kappa shape index (κ3) is 1.02. The fourth-order valence-corrected chi connectivity index (χ4v) is 0.787. The number of amides is 2. The summed E-state index contributed by atoms with van der Waals surface area (Å²) >= 11 is 0. The third-order valence-electron chi connectivity index (χ3n) is 1.45. The van der Waals surface area contributed by atoms with Crippen LogP contribution in [0.3, 0.4) is 0 Å². The summed E-state index contributed by atoms with van der Waals surface area (Å²) in [7, 11) is 0. The predicted molar refractivity (Wildman–Crippen MR) is 32.9 cm³/mol. The molecule has 56 valence electrons. The molecule has 0 saturated carbocycles. The van der Waals surface area contributed by atoms with Gasteiger partial charge in [0.1, 0.15) is 12.8 Å². The lowest BCUT2D eigenvalue weighted by molar-refractivity contribution is -0.140. The van der Waals surface area contributed by atoms with E-state index >= 15 is 0 Å². The summed E-state index contributed by atoms with van der Waals surface area (Å²) in [6, 6.07) is 0. The molecule has 1 aliphatic rings. The van der Waals surface area contributed by atoms with Crippen LogP contribution < -0.4 is 0 Å². The lowest BCUT2D eigenvalue weighted by Gasteiger charge is -2.06. The van der Waals surface area contributed by atoms with E-state index < -0.39 is 6.10 Å². The van der Waals surface area contributed by atoms with E-state index in [-0.39, 0.29) is 18.5 Å². The van der Waals surface area contributed by atoms with Crippen LogP contribution in [0.1, 0.15) is 13.8 Å². The summed E-state index contributed by atoms with van der Waals surface area (Å²) < 4.78 is 4.89. The molecule has 1 saturated heterocycles. The second-order valence-electron chi connectivity index (χ2n) is 2.22. The maximum absolute atomic E-state index is 10.9. The average molecular weight is 143 g/mol. The van der Waals surface area contributed by atoms with Gasteiger partial charge in [-0.25, -0.2) is 0 Å².